The Morgan fingerprint density at radius 2 is 1.56 bits per heavy atom. The zero-order valence-corrected chi connectivity index (χ0v) is 5.32. The molecule has 0 aliphatic heterocycles. The maximum Gasteiger partial charge on any atom is 0.197 e. The molecule has 1 aliphatic carbocycles. The van der Waals surface area contributed by atoms with E-state index in [1.54, 1.807) is 0 Å². The van der Waals surface area contributed by atoms with E-state index in [-0.39, 0.29) is 17.3 Å². The average Bonchev–Trinajstić information content (AvgIpc) is 1.84. The zero-order chi connectivity index (χ0) is 7.23. The second kappa shape index (κ2) is 1.29. The van der Waals surface area contributed by atoms with Gasteiger partial charge in [-0.05, 0) is 13.8 Å². The molecule has 0 bridgehead atoms. The van der Waals surface area contributed by atoms with E-state index in [1.807, 2.05) is 0 Å². The number of ketones is 2. The molecular weight excluding hydrogens is 118 g/mol. The lowest BCUT2D eigenvalue weighted by Crippen LogP contribution is -2.55. The van der Waals surface area contributed by atoms with E-state index in [2.05, 4.69) is 0 Å². The monoisotopic (exact) mass is 125 g/mol. The lowest BCUT2D eigenvalue weighted by atomic mass is 9.68. The number of hydrogen-bond acceptors (Lipinski definition) is 3. The minimum Gasteiger partial charge on any atom is -0.294 e. The molecule has 0 aromatic heterocycles. The topological polar surface area (TPSA) is 58.0 Å². The fourth-order valence-electron chi connectivity index (χ4n) is 0.769. The Morgan fingerprint density at radius 3 is 1.67 bits per heavy atom. The van der Waals surface area contributed by atoms with Crippen molar-refractivity contribution >= 4 is 17.3 Å². The van der Waals surface area contributed by atoms with Gasteiger partial charge in [0.25, 0.3) is 0 Å². The maximum atomic E-state index is 10.6. The van der Waals surface area contributed by atoms with Crippen molar-refractivity contribution in [3.05, 3.63) is 0 Å². The summed E-state index contributed by atoms with van der Waals surface area (Å²) in [5, 5.41) is 6.80. The van der Waals surface area contributed by atoms with Gasteiger partial charge >= 0.3 is 0 Å². The molecule has 48 valence electrons. The first-order valence-electron chi connectivity index (χ1n) is 2.66. The molecular formula is C6H7NO2. The third kappa shape index (κ3) is 0.487. The number of rotatable bonds is 0. The largest absolute Gasteiger partial charge is 0.294 e. The highest BCUT2D eigenvalue weighted by Crippen LogP contribution is 2.28. The molecule has 1 N–H and O–H groups in total. The molecule has 0 unspecified atom stereocenters. The Labute approximate surface area is 52.6 Å². The molecule has 0 amide bonds. The molecule has 3 nitrogen and oxygen atoms in total. The smallest absolute Gasteiger partial charge is 0.197 e. The van der Waals surface area contributed by atoms with Crippen molar-refractivity contribution in [2.24, 2.45) is 5.41 Å². The first-order valence-corrected chi connectivity index (χ1v) is 2.66. The van der Waals surface area contributed by atoms with Gasteiger partial charge in [0.15, 0.2) is 11.6 Å². The fourth-order valence-corrected chi connectivity index (χ4v) is 0.769. The summed E-state index contributed by atoms with van der Waals surface area (Å²) in [6.45, 7) is 3.07. The summed E-state index contributed by atoms with van der Waals surface area (Å²) in [5.74, 6) is -0.681. The molecule has 1 saturated carbocycles. The van der Waals surface area contributed by atoms with Crippen molar-refractivity contribution in [3.8, 4) is 0 Å². The predicted octanol–water partition coefficient (Wildman–Crippen LogP) is 0.184. The maximum absolute atomic E-state index is 10.6. The molecule has 0 radical (unpaired) electrons. The number of carbonyl (C=O) groups is 2. The van der Waals surface area contributed by atoms with Crippen LogP contribution in [-0.4, -0.2) is 17.3 Å². The predicted molar refractivity (Wildman–Crippen MR) is 31.5 cm³/mol. The molecule has 0 saturated heterocycles. The second-order valence-electron chi connectivity index (χ2n) is 2.66. The number of nitrogens with one attached hydrogen (secondary N) is 1. The third-order valence-corrected chi connectivity index (χ3v) is 1.59. The van der Waals surface area contributed by atoms with Crippen LogP contribution < -0.4 is 0 Å². The normalized spacial score (nSPS) is 24.0. The van der Waals surface area contributed by atoms with Gasteiger partial charge in [-0.1, -0.05) is 0 Å². The van der Waals surface area contributed by atoms with Crippen molar-refractivity contribution in [3.63, 3.8) is 0 Å². The van der Waals surface area contributed by atoms with E-state index in [0.29, 0.717) is 0 Å². The summed E-state index contributed by atoms with van der Waals surface area (Å²) in [5.41, 5.74) is -1.24. The second-order valence-corrected chi connectivity index (χ2v) is 2.66. The molecule has 1 rings (SSSR count). The molecule has 0 spiro atoms. The van der Waals surface area contributed by atoms with Crippen LogP contribution in [0, 0.1) is 10.8 Å². The van der Waals surface area contributed by atoms with E-state index >= 15 is 0 Å². The van der Waals surface area contributed by atoms with Gasteiger partial charge in [-0.3, -0.25) is 15.0 Å². The molecule has 0 heterocycles. The van der Waals surface area contributed by atoms with Gasteiger partial charge in [0.05, 0.1) is 5.41 Å². The lowest BCUT2D eigenvalue weighted by molar-refractivity contribution is -0.137. The first-order chi connectivity index (χ1) is 3.98. The van der Waals surface area contributed by atoms with E-state index in [4.69, 9.17) is 5.41 Å². The van der Waals surface area contributed by atoms with Gasteiger partial charge in [-0.15, -0.1) is 0 Å². The highest BCUT2D eigenvalue weighted by Gasteiger charge is 2.52. The van der Waals surface area contributed by atoms with Crippen molar-refractivity contribution in [1.29, 1.82) is 5.41 Å². The molecule has 0 atom stereocenters. The standard InChI is InChI=1S/C6H7NO2/c1-6(2)4(8)3(7)5(6)9/h7H,1-2H3. The molecule has 1 aliphatic rings. The Kier molecular flexibility index (Phi) is 0.879. The molecule has 3 heteroatoms. The minimum atomic E-state index is -0.892. The van der Waals surface area contributed by atoms with Gasteiger partial charge in [0, 0.05) is 0 Å². The number of hydrogen-bond donors (Lipinski definition) is 1. The van der Waals surface area contributed by atoms with Crippen LogP contribution in [0.4, 0.5) is 0 Å². The molecule has 0 aromatic carbocycles. The SMILES string of the molecule is CC1(C)C(=O)C(=N)C1=O. The first kappa shape index (κ1) is 6.13. The van der Waals surface area contributed by atoms with Crippen LogP contribution in [0.5, 0.6) is 0 Å². The van der Waals surface area contributed by atoms with Crippen molar-refractivity contribution in [2.75, 3.05) is 0 Å². The van der Waals surface area contributed by atoms with E-state index < -0.39 is 5.41 Å². The summed E-state index contributed by atoms with van der Waals surface area (Å²) in [6, 6.07) is 0. The van der Waals surface area contributed by atoms with Crippen molar-refractivity contribution in [2.45, 2.75) is 13.8 Å². The van der Waals surface area contributed by atoms with Crippen LogP contribution in [0.2, 0.25) is 0 Å². The van der Waals surface area contributed by atoms with E-state index in [9.17, 15) is 9.59 Å². The van der Waals surface area contributed by atoms with Crippen LogP contribution in [0.1, 0.15) is 13.8 Å². The van der Waals surface area contributed by atoms with Crippen LogP contribution in [0.3, 0.4) is 0 Å². The quantitative estimate of drug-likeness (QED) is 0.469. The summed E-state index contributed by atoms with van der Waals surface area (Å²) < 4.78 is 0. The molecule has 9 heavy (non-hydrogen) atoms. The Balaban J connectivity index is 2.99. The number of Topliss-reactive ketones (excluding diaryl/α,β-unsaturated/α-hetero) is 2. The Morgan fingerprint density at radius 1 is 1.22 bits per heavy atom. The third-order valence-electron chi connectivity index (χ3n) is 1.59. The highest BCUT2D eigenvalue weighted by molar-refractivity contribution is 6.79. The Bertz CT molecular complexity index is 195. The summed E-state index contributed by atoms with van der Waals surface area (Å²) >= 11 is 0. The highest BCUT2D eigenvalue weighted by atomic mass is 16.2. The van der Waals surface area contributed by atoms with Crippen LogP contribution in [-0.2, 0) is 9.59 Å². The zero-order valence-electron chi connectivity index (χ0n) is 5.32. The van der Waals surface area contributed by atoms with Crippen molar-refractivity contribution < 1.29 is 9.59 Å². The Hall–Kier alpha value is -0.990. The van der Waals surface area contributed by atoms with Crippen molar-refractivity contribution in [1.82, 2.24) is 0 Å². The van der Waals surface area contributed by atoms with E-state index in [0.717, 1.165) is 0 Å². The molecule has 0 aromatic rings. The van der Waals surface area contributed by atoms with Gasteiger partial charge < -0.3 is 0 Å². The summed E-state index contributed by atoms with van der Waals surface area (Å²) in [6.07, 6.45) is 0. The van der Waals surface area contributed by atoms with E-state index in [1.165, 1.54) is 13.8 Å². The van der Waals surface area contributed by atoms with Gasteiger partial charge in [-0.2, -0.15) is 0 Å². The van der Waals surface area contributed by atoms with Gasteiger partial charge in [-0.25, -0.2) is 0 Å². The van der Waals surface area contributed by atoms with Gasteiger partial charge in [0.2, 0.25) is 0 Å². The molecule has 1 fully saturated rings. The van der Waals surface area contributed by atoms with Crippen LogP contribution >= 0.6 is 0 Å². The van der Waals surface area contributed by atoms with Crippen LogP contribution in [0.25, 0.3) is 0 Å². The average molecular weight is 125 g/mol. The minimum absolute atomic E-state index is 0.340. The fraction of sp³-hybridized carbons (Fsp3) is 0.500. The lowest BCUT2D eigenvalue weighted by Gasteiger charge is -2.29. The van der Waals surface area contributed by atoms with Crippen LogP contribution in [0.15, 0.2) is 0 Å². The summed E-state index contributed by atoms with van der Waals surface area (Å²) in [4.78, 5) is 21.3. The van der Waals surface area contributed by atoms with Gasteiger partial charge in [0.1, 0.15) is 5.71 Å². The summed E-state index contributed by atoms with van der Waals surface area (Å²) in [7, 11) is 0. The number of carbonyl (C=O) groups excluding carboxylic acids is 2.